The molecule has 0 heterocycles. The summed E-state index contributed by atoms with van der Waals surface area (Å²) in [6.07, 6.45) is -2.44. The number of nitrogens with one attached hydrogen (secondary N) is 1. The molecule has 1 atom stereocenters. The van der Waals surface area contributed by atoms with Crippen molar-refractivity contribution in [3.63, 3.8) is 0 Å². The molecule has 0 aliphatic rings. The second-order valence-corrected chi connectivity index (χ2v) is 12.5. The van der Waals surface area contributed by atoms with Crippen LogP contribution in [0.3, 0.4) is 0 Å². The van der Waals surface area contributed by atoms with Crippen LogP contribution in [0, 0.1) is 0 Å². The molecule has 0 saturated heterocycles. The molecule has 6 N–H and O–H groups in total. The number of carbonyl (C=O) groups is 2. The van der Waals surface area contributed by atoms with Gasteiger partial charge in [0.2, 0.25) is 20.0 Å². The average molecular weight is 658 g/mol. The Balaban J connectivity index is 0.000000860. The van der Waals surface area contributed by atoms with Crippen molar-refractivity contribution in [1.82, 2.24) is 4.31 Å². The first-order chi connectivity index (χ1) is 20.4. The second kappa shape index (κ2) is 14.8. The van der Waals surface area contributed by atoms with E-state index in [-0.39, 0.29) is 17.9 Å². The summed E-state index contributed by atoms with van der Waals surface area (Å²) in [5.74, 6) is 1.88. The molecule has 0 radical (unpaired) electrons. The molecule has 0 fully saturated rings. The van der Waals surface area contributed by atoms with Crippen molar-refractivity contribution in [2.75, 3.05) is 18.1 Å². The Morgan fingerprint density at radius 2 is 1.61 bits per heavy atom. The highest BCUT2D eigenvalue weighted by atomic mass is 32.2. The summed E-state index contributed by atoms with van der Waals surface area (Å²) in [7, 11) is -7.72. The molecule has 0 aromatic heterocycles. The van der Waals surface area contributed by atoms with Crippen molar-refractivity contribution in [2.24, 2.45) is 16.1 Å². The number of hydrogen-bond acceptors (Lipinski definition) is 9. The number of anilines is 1. The predicted octanol–water partition coefficient (Wildman–Crippen LogP) is 2.76. The third kappa shape index (κ3) is 10.4. The van der Waals surface area contributed by atoms with Crippen LogP contribution in [0.4, 0.5) is 18.9 Å². The van der Waals surface area contributed by atoms with Gasteiger partial charge in [0.1, 0.15) is 6.04 Å². The van der Waals surface area contributed by atoms with Crippen molar-refractivity contribution < 1.29 is 44.7 Å². The number of halogens is 3. The number of nitrogens with two attached hydrogens (primary N) is 2. The number of likely N-dealkylation sites (N-methyl/N-ethyl adjacent to an activating group) is 1. The fourth-order valence-corrected chi connectivity index (χ4v) is 5.63. The van der Waals surface area contributed by atoms with Crippen LogP contribution >= 0.6 is 0 Å². The van der Waals surface area contributed by atoms with E-state index in [9.17, 15) is 34.8 Å². The molecule has 0 spiro atoms. The van der Waals surface area contributed by atoms with E-state index in [0.29, 0.717) is 16.8 Å². The predicted molar refractivity (Wildman–Crippen MR) is 159 cm³/mol. The fourth-order valence-electron chi connectivity index (χ4n) is 3.95. The fraction of sp³-hybridized carbons (Fsp3) is 0.222. The van der Waals surface area contributed by atoms with Gasteiger partial charge in [-0.3, -0.25) is 4.79 Å². The summed E-state index contributed by atoms with van der Waals surface area (Å²) in [4.78, 5) is 22.2. The Bertz CT molecular complexity index is 1710. The van der Waals surface area contributed by atoms with Crippen LogP contribution in [0.15, 0.2) is 82.8 Å². The average Bonchev–Trinajstić information content (AvgIpc) is 2.92. The molecule has 1 amide bonds. The summed E-state index contributed by atoms with van der Waals surface area (Å²) in [5.41, 5.74) is 3.10. The Kier molecular flexibility index (Phi) is 12.0. The van der Waals surface area contributed by atoms with Gasteiger partial charge in [0, 0.05) is 24.2 Å². The number of alkyl halides is 3. The molecule has 3 rings (SSSR count). The van der Waals surface area contributed by atoms with Gasteiger partial charge in [-0.2, -0.15) is 18.3 Å². The van der Waals surface area contributed by atoms with Gasteiger partial charge < -0.3 is 16.3 Å². The van der Waals surface area contributed by atoms with Gasteiger partial charge in [0.05, 0.1) is 17.4 Å². The zero-order valence-corrected chi connectivity index (χ0v) is 25.0. The van der Waals surface area contributed by atoms with Crippen LogP contribution < -0.4 is 16.3 Å². The number of amides is 1. The first kappa shape index (κ1) is 35.7. The van der Waals surface area contributed by atoms with E-state index in [4.69, 9.17) is 20.9 Å². The van der Waals surface area contributed by atoms with Gasteiger partial charge in [-0.15, -0.1) is 0 Å². The molecule has 0 saturated carbocycles. The molecule has 3 aromatic rings. The van der Waals surface area contributed by atoms with Gasteiger partial charge in [-0.1, -0.05) is 54.6 Å². The minimum Gasteiger partial charge on any atom is -0.475 e. The van der Waals surface area contributed by atoms with Crippen LogP contribution in [-0.4, -0.2) is 69.4 Å². The molecule has 0 aliphatic heterocycles. The van der Waals surface area contributed by atoms with E-state index in [1.807, 2.05) is 12.1 Å². The third-order valence-corrected chi connectivity index (χ3v) is 8.03. The van der Waals surface area contributed by atoms with Gasteiger partial charge in [0.25, 0.3) is 5.91 Å². The first-order valence-corrected chi connectivity index (χ1v) is 15.9. The van der Waals surface area contributed by atoms with E-state index in [2.05, 4.69) is 10.4 Å². The van der Waals surface area contributed by atoms with Crippen LogP contribution in [0.2, 0.25) is 0 Å². The highest BCUT2D eigenvalue weighted by molar-refractivity contribution is 7.89. The van der Waals surface area contributed by atoms with E-state index in [1.165, 1.54) is 12.3 Å². The van der Waals surface area contributed by atoms with Crippen LogP contribution in [0.25, 0.3) is 11.1 Å². The zero-order chi connectivity index (χ0) is 33.3. The van der Waals surface area contributed by atoms with E-state index >= 15 is 0 Å². The largest absolute Gasteiger partial charge is 0.490 e. The summed E-state index contributed by atoms with van der Waals surface area (Å²) in [5, 5.41) is 19.1. The number of hydrogen-bond donors (Lipinski definition) is 4. The molecule has 17 heteroatoms. The minimum atomic E-state index is -5.08. The number of aliphatic carboxylic acids is 1. The summed E-state index contributed by atoms with van der Waals surface area (Å²) in [6, 6.07) is 19.4. The highest BCUT2D eigenvalue weighted by Crippen LogP contribution is 2.28. The Labute approximate surface area is 252 Å². The number of nitrogens with zero attached hydrogens (tertiary/aromatic N) is 2. The molecular formula is C27H30F3N5O7S2. The number of benzene rings is 3. The second-order valence-electron chi connectivity index (χ2n) is 9.11. The third-order valence-electron chi connectivity index (χ3n) is 5.82. The van der Waals surface area contributed by atoms with Crippen molar-refractivity contribution in [3.05, 3.63) is 83.9 Å². The quantitative estimate of drug-likeness (QED) is 0.144. The topological polar surface area (TPSA) is 202 Å². The van der Waals surface area contributed by atoms with Crippen LogP contribution in [0.1, 0.15) is 18.1 Å². The number of primary sulfonamides is 1. The van der Waals surface area contributed by atoms with Gasteiger partial charge in [-0.05, 0) is 41.8 Å². The molecule has 3 aromatic carbocycles. The van der Waals surface area contributed by atoms with Crippen molar-refractivity contribution >= 4 is 43.8 Å². The smallest absolute Gasteiger partial charge is 0.475 e. The number of sulfonamides is 2. The SMILES string of the molecule is CCN(C(=O)[C@H](Cc1cccc(C=NN)c1)Nc1ccc(-c2ccccc2S(N)(=O)=O)cc1)S(C)(=O)=O.O=C(O)C(F)(F)F. The van der Waals surface area contributed by atoms with Crippen LogP contribution in [-0.2, 0) is 36.1 Å². The van der Waals surface area contributed by atoms with Crippen molar-refractivity contribution in [1.29, 1.82) is 0 Å². The summed E-state index contributed by atoms with van der Waals surface area (Å²) >= 11 is 0. The number of carboxylic acids is 1. The minimum absolute atomic E-state index is 0.00333. The molecule has 0 bridgehead atoms. The Morgan fingerprint density at radius 1 is 1.02 bits per heavy atom. The maximum Gasteiger partial charge on any atom is 0.490 e. The summed E-state index contributed by atoms with van der Waals surface area (Å²) < 4.78 is 81.0. The molecule has 12 nitrogen and oxygen atoms in total. The lowest BCUT2D eigenvalue weighted by Crippen LogP contribution is -2.46. The van der Waals surface area contributed by atoms with E-state index in [1.54, 1.807) is 61.5 Å². The van der Waals surface area contributed by atoms with Gasteiger partial charge in [-0.25, -0.2) is 31.1 Å². The molecular weight excluding hydrogens is 627 g/mol. The lowest BCUT2D eigenvalue weighted by molar-refractivity contribution is -0.192. The lowest BCUT2D eigenvalue weighted by Gasteiger charge is -2.26. The highest BCUT2D eigenvalue weighted by Gasteiger charge is 2.38. The lowest BCUT2D eigenvalue weighted by atomic mass is 10.0. The van der Waals surface area contributed by atoms with Crippen molar-refractivity contribution in [2.45, 2.75) is 30.5 Å². The standard InChI is InChI=1S/C25H29N5O5S2.C2HF3O2/c1-3-30(36(2,32)33)25(31)23(16-18-7-6-8-19(15-18)17-28-26)29-21-13-11-20(12-14-21)22-9-4-5-10-24(22)37(27,34)35;3-2(4,5)1(6)7/h4-15,17,23,29H,3,16,26H2,1-2H3,(H2,27,34,35);(H,6,7)/t23-;/m0./s1. The van der Waals surface area contributed by atoms with Crippen molar-refractivity contribution in [3.8, 4) is 11.1 Å². The first-order valence-electron chi connectivity index (χ1n) is 12.5. The maximum atomic E-state index is 13.3. The normalized spacial score (nSPS) is 12.6. The maximum absolute atomic E-state index is 13.3. The molecule has 238 valence electrons. The van der Waals surface area contributed by atoms with E-state index < -0.39 is 44.1 Å². The Morgan fingerprint density at radius 3 is 2.11 bits per heavy atom. The van der Waals surface area contributed by atoms with Gasteiger partial charge >= 0.3 is 12.1 Å². The molecule has 0 aliphatic carbocycles. The zero-order valence-electron chi connectivity index (χ0n) is 23.4. The Hall–Kier alpha value is -4.48. The van der Waals surface area contributed by atoms with Gasteiger partial charge in [0.15, 0.2) is 0 Å². The van der Waals surface area contributed by atoms with Crippen LogP contribution in [0.5, 0.6) is 0 Å². The number of carbonyl (C=O) groups excluding carboxylic acids is 1. The summed E-state index contributed by atoms with van der Waals surface area (Å²) in [6.45, 7) is 1.57. The van der Waals surface area contributed by atoms with E-state index in [0.717, 1.165) is 21.7 Å². The number of rotatable bonds is 10. The molecule has 44 heavy (non-hydrogen) atoms. The molecule has 0 unspecified atom stereocenters. The number of carboxylic acid groups (broad SMARTS) is 1. The monoisotopic (exact) mass is 657 g/mol. The number of hydrazone groups is 1.